The molecule has 0 aliphatic heterocycles. The van der Waals surface area contributed by atoms with Crippen LogP contribution in [0.3, 0.4) is 0 Å². The van der Waals surface area contributed by atoms with Crippen molar-refractivity contribution in [1.29, 1.82) is 0 Å². The van der Waals surface area contributed by atoms with Gasteiger partial charge in [-0.3, -0.25) is 0 Å². The molecule has 2 aromatic heterocycles. The first-order valence-electron chi connectivity index (χ1n) is 7.20. The average molecular weight is 281 g/mol. The molecule has 0 aliphatic rings. The molecule has 1 aromatic carbocycles. The Morgan fingerprint density at radius 3 is 2.76 bits per heavy atom. The smallest absolute Gasteiger partial charge is 0.155 e. The van der Waals surface area contributed by atoms with Crippen molar-refractivity contribution < 1.29 is 0 Å². The Morgan fingerprint density at radius 1 is 1.14 bits per heavy atom. The molecule has 5 heteroatoms. The number of nitrogens with one attached hydrogen (secondary N) is 1. The van der Waals surface area contributed by atoms with Crippen LogP contribution < -0.4 is 5.32 Å². The van der Waals surface area contributed by atoms with Crippen LogP contribution in [0.2, 0.25) is 0 Å². The second-order valence-electron chi connectivity index (χ2n) is 5.54. The molecule has 0 unspecified atom stereocenters. The lowest BCUT2D eigenvalue weighted by atomic mass is 10.2. The van der Waals surface area contributed by atoms with E-state index >= 15 is 0 Å². The first-order chi connectivity index (χ1) is 10.2. The summed E-state index contributed by atoms with van der Waals surface area (Å²) in [5.41, 5.74) is 3.02. The summed E-state index contributed by atoms with van der Waals surface area (Å²) in [6.45, 7) is 6.24. The first-order valence-corrected chi connectivity index (χ1v) is 7.20. The summed E-state index contributed by atoms with van der Waals surface area (Å²) in [5, 5.41) is 11.7. The van der Waals surface area contributed by atoms with Crippen molar-refractivity contribution in [3.05, 3.63) is 48.2 Å². The number of fused-ring (bicyclic) bond motifs is 1. The number of benzene rings is 1. The summed E-state index contributed by atoms with van der Waals surface area (Å²) in [7, 11) is 0. The van der Waals surface area contributed by atoms with Gasteiger partial charge in [-0.05, 0) is 36.2 Å². The molecule has 0 atom stereocenters. The van der Waals surface area contributed by atoms with Crippen molar-refractivity contribution in [2.45, 2.75) is 20.4 Å². The predicted molar refractivity (Wildman–Crippen MR) is 83.2 cm³/mol. The van der Waals surface area contributed by atoms with E-state index in [4.69, 9.17) is 0 Å². The van der Waals surface area contributed by atoms with E-state index in [9.17, 15) is 0 Å². The fraction of sp³-hybridized carbons (Fsp3) is 0.312. The highest BCUT2D eigenvalue weighted by atomic mass is 15.4. The van der Waals surface area contributed by atoms with Crippen LogP contribution >= 0.6 is 0 Å². The van der Waals surface area contributed by atoms with E-state index in [0.717, 1.165) is 29.9 Å². The third-order valence-corrected chi connectivity index (χ3v) is 3.26. The Morgan fingerprint density at radius 2 is 2.00 bits per heavy atom. The lowest BCUT2D eigenvalue weighted by molar-refractivity contribution is 0.552. The van der Waals surface area contributed by atoms with Crippen molar-refractivity contribution in [1.82, 2.24) is 25.3 Å². The van der Waals surface area contributed by atoms with Gasteiger partial charge >= 0.3 is 0 Å². The Hall–Kier alpha value is -2.27. The maximum Gasteiger partial charge on any atom is 0.155 e. The first kappa shape index (κ1) is 13.7. The normalized spacial score (nSPS) is 11.4. The van der Waals surface area contributed by atoms with Gasteiger partial charge in [0.15, 0.2) is 5.82 Å². The number of hydrogen-bond donors (Lipinski definition) is 1. The molecule has 0 fully saturated rings. The minimum atomic E-state index is 0.652. The number of aromatic nitrogens is 4. The maximum atomic E-state index is 4.49. The highest BCUT2D eigenvalue weighted by Crippen LogP contribution is 2.14. The van der Waals surface area contributed by atoms with Crippen LogP contribution in [0.5, 0.6) is 0 Å². The highest BCUT2D eigenvalue weighted by Gasteiger charge is 2.06. The molecular weight excluding hydrogens is 262 g/mol. The van der Waals surface area contributed by atoms with Crippen LogP contribution in [0, 0.1) is 5.92 Å². The van der Waals surface area contributed by atoms with E-state index in [1.54, 1.807) is 4.68 Å². The molecule has 3 aromatic rings. The molecule has 0 saturated carbocycles. The lowest BCUT2D eigenvalue weighted by Crippen LogP contribution is -2.19. The van der Waals surface area contributed by atoms with Crippen LogP contribution in [0.1, 0.15) is 19.4 Å². The van der Waals surface area contributed by atoms with Gasteiger partial charge in [0.25, 0.3) is 0 Å². The number of pyridine rings is 1. The summed E-state index contributed by atoms with van der Waals surface area (Å²) in [5.74, 6) is 1.44. The Bertz CT molecular complexity index is 715. The lowest BCUT2D eigenvalue weighted by Gasteiger charge is -2.07. The van der Waals surface area contributed by atoms with E-state index in [-0.39, 0.29) is 0 Å². The standard InChI is InChI=1S/C16H19N5/c1-12(2)9-17-10-13-7-8-16(18-11-13)21-15-6-4-3-5-14(15)19-20-21/h3-8,11-12,17H,9-10H2,1-2H3. The van der Waals surface area contributed by atoms with Crippen molar-refractivity contribution in [3.8, 4) is 5.82 Å². The summed E-state index contributed by atoms with van der Waals surface area (Å²) >= 11 is 0. The minimum Gasteiger partial charge on any atom is -0.312 e. The van der Waals surface area contributed by atoms with Crippen LogP contribution in [0.15, 0.2) is 42.6 Å². The molecule has 0 saturated heterocycles. The zero-order chi connectivity index (χ0) is 14.7. The quantitative estimate of drug-likeness (QED) is 0.781. The molecule has 2 heterocycles. The summed E-state index contributed by atoms with van der Waals surface area (Å²) in [6, 6.07) is 11.9. The third-order valence-electron chi connectivity index (χ3n) is 3.26. The Balaban J connectivity index is 1.78. The SMILES string of the molecule is CC(C)CNCc1ccc(-n2nnc3ccccc32)nc1. The van der Waals surface area contributed by atoms with E-state index in [1.807, 2.05) is 36.5 Å². The number of rotatable bonds is 5. The second kappa shape index (κ2) is 6.01. The van der Waals surface area contributed by atoms with E-state index < -0.39 is 0 Å². The van der Waals surface area contributed by atoms with Crippen molar-refractivity contribution in [2.24, 2.45) is 5.92 Å². The monoisotopic (exact) mass is 281 g/mol. The molecule has 0 amide bonds. The van der Waals surface area contributed by atoms with Crippen molar-refractivity contribution in [3.63, 3.8) is 0 Å². The fourth-order valence-electron chi connectivity index (χ4n) is 2.19. The highest BCUT2D eigenvalue weighted by molar-refractivity contribution is 5.75. The van der Waals surface area contributed by atoms with Gasteiger partial charge in [0, 0.05) is 12.7 Å². The molecule has 3 rings (SSSR count). The Labute approximate surface area is 124 Å². The largest absolute Gasteiger partial charge is 0.312 e. The second-order valence-corrected chi connectivity index (χ2v) is 5.54. The van der Waals surface area contributed by atoms with Crippen LogP contribution in [-0.4, -0.2) is 26.5 Å². The van der Waals surface area contributed by atoms with E-state index in [2.05, 4.69) is 40.5 Å². The van der Waals surface area contributed by atoms with Gasteiger partial charge in [-0.1, -0.05) is 37.3 Å². The Kier molecular flexibility index (Phi) is 3.92. The molecule has 0 spiro atoms. The number of nitrogens with zero attached hydrogens (tertiary/aromatic N) is 4. The number of hydrogen-bond acceptors (Lipinski definition) is 4. The van der Waals surface area contributed by atoms with Gasteiger partial charge in [-0.2, -0.15) is 4.68 Å². The van der Waals surface area contributed by atoms with Gasteiger partial charge in [0.2, 0.25) is 0 Å². The average Bonchev–Trinajstić information content (AvgIpc) is 2.92. The van der Waals surface area contributed by atoms with E-state index in [1.165, 1.54) is 5.56 Å². The third kappa shape index (κ3) is 3.08. The summed E-state index contributed by atoms with van der Waals surface area (Å²) in [6.07, 6.45) is 1.89. The fourth-order valence-corrected chi connectivity index (χ4v) is 2.19. The minimum absolute atomic E-state index is 0.652. The van der Waals surface area contributed by atoms with Gasteiger partial charge < -0.3 is 5.32 Å². The van der Waals surface area contributed by atoms with Crippen LogP contribution in [0.4, 0.5) is 0 Å². The maximum absolute atomic E-state index is 4.49. The molecule has 0 radical (unpaired) electrons. The topological polar surface area (TPSA) is 55.6 Å². The summed E-state index contributed by atoms with van der Waals surface area (Å²) in [4.78, 5) is 4.49. The molecule has 1 N–H and O–H groups in total. The van der Waals surface area contributed by atoms with Gasteiger partial charge in [0.1, 0.15) is 5.52 Å². The molecule has 108 valence electrons. The zero-order valence-corrected chi connectivity index (χ0v) is 12.3. The van der Waals surface area contributed by atoms with Gasteiger partial charge in [-0.25, -0.2) is 4.98 Å². The van der Waals surface area contributed by atoms with Gasteiger partial charge in [-0.15, -0.1) is 5.10 Å². The molecule has 5 nitrogen and oxygen atoms in total. The van der Waals surface area contributed by atoms with E-state index in [0.29, 0.717) is 5.92 Å². The van der Waals surface area contributed by atoms with Crippen molar-refractivity contribution >= 4 is 11.0 Å². The van der Waals surface area contributed by atoms with Gasteiger partial charge in [0.05, 0.1) is 5.52 Å². The predicted octanol–water partition coefficient (Wildman–Crippen LogP) is 2.56. The van der Waals surface area contributed by atoms with Crippen molar-refractivity contribution in [2.75, 3.05) is 6.54 Å². The van der Waals surface area contributed by atoms with Crippen LogP contribution in [0.25, 0.3) is 16.9 Å². The zero-order valence-electron chi connectivity index (χ0n) is 12.3. The van der Waals surface area contributed by atoms with Crippen LogP contribution in [-0.2, 0) is 6.54 Å². The number of para-hydroxylation sites is 1. The molecular formula is C16H19N5. The molecule has 0 aliphatic carbocycles. The molecule has 21 heavy (non-hydrogen) atoms. The molecule has 0 bridgehead atoms. The summed E-state index contributed by atoms with van der Waals surface area (Å²) < 4.78 is 1.76.